The lowest BCUT2D eigenvalue weighted by Gasteiger charge is -2.20. The minimum atomic E-state index is 0.524. The summed E-state index contributed by atoms with van der Waals surface area (Å²) in [4.78, 5) is 1.06. The van der Waals surface area contributed by atoms with Gasteiger partial charge in [0, 0.05) is 5.92 Å². The van der Waals surface area contributed by atoms with Crippen LogP contribution in [0.4, 0.5) is 0 Å². The average molecular weight is 206 g/mol. The molecule has 0 radical (unpaired) electrons. The van der Waals surface area contributed by atoms with Gasteiger partial charge in [0.05, 0.1) is 4.88 Å². The summed E-state index contributed by atoms with van der Waals surface area (Å²) in [7, 11) is 0. The Labute approximate surface area is 85.8 Å². The lowest BCUT2D eigenvalue weighted by atomic mass is 9.85. The molecular formula is C10H10N2OS. The molecule has 3 nitrogen and oxygen atoms in total. The minimum absolute atomic E-state index is 0.524. The fourth-order valence-electron chi connectivity index (χ4n) is 1.55. The summed E-state index contributed by atoms with van der Waals surface area (Å²) in [6, 6.07) is 4.00. The minimum Gasteiger partial charge on any atom is -0.420 e. The van der Waals surface area contributed by atoms with Crippen molar-refractivity contribution in [3.05, 3.63) is 23.4 Å². The number of nitrogens with zero attached hydrogens (tertiary/aromatic N) is 2. The van der Waals surface area contributed by atoms with Gasteiger partial charge in [0.15, 0.2) is 0 Å². The van der Waals surface area contributed by atoms with Crippen LogP contribution in [0, 0.1) is 0 Å². The molecule has 1 aliphatic rings. The van der Waals surface area contributed by atoms with Gasteiger partial charge in [-0.3, -0.25) is 0 Å². The highest BCUT2D eigenvalue weighted by Gasteiger charge is 2.25. The Bertz CT molecular complexity index is 417. The third-order valence-corrected chi connectivity index (χ3v) is 3.48. The van der Waals surface area contributed by atoms with Gasteiger partial charge in [-0.15, -0.1) is 21.5 Å². The van der Waals surface area contributed by atoms with E-state index in [0.717, 1.165) is 10.8 Å². The summed E-state index contributed by atoms with van der Waals surface area (Å²) >= 11 is 1.63. The predicted molar refractivity (Wildman–Crippen MR) is 54.2 cm³/mol. The molecule has 0 aliphatic heterocycles. The second-order valence-electron chi connectivity index (χ2n) is 3.55. The SMILES string of the molecule is c1csc(-c2nnc(C3CCC3)o2)c1. The van der Waals surface area contributed by atoms with Crippen molar-refractivity contribution in [2.45, 2.75) is 25.2 Å². The third-order valence-electron chi connectivity index (χ3n) is 2.63. The summed E-state index contributed by atoms with van der Waals surface area (Å²) in [5.41, 5.74) is 0. The van der Waals surface area contributed by atoms with E-state index in [0.29, 0.717) is 11.8 Å². The van der Waals surface area contributed by atoms with Crippen LogP contribution in [0.5, 0.6) is 0 Å². The van der Waals surface area contributed by atoms with Crippen LogP contribution in [0.2, 0.25) is 0 Å². The van der Waals surface area contributed by atoms with Crippen LogP contribution < -0.4 is 0 Å². The van der Waals surface area contributed by atoms with Gasteiger partial charge >= 0.3 is 0 Å². The topological polar surface area (TPSA) is 38.9 Å². The molecule has 2 aromatic rings. The van der Waals surface area contributed by atoms with Crippen molar-refractivity contribution in [1.29, 1.82) is 0 Å². The first-order chi connectivity index (χ1) is 6.93. The lowest BCUT2D eigenvalue weighted by Crippen LogP contribution is -2.08. The molecule has 0 atom stereocenters. The van der Waals surface area contributed by atoms with Gasteiger partial charge in [0.25, 0.3) is 5.89 Å². The number of thiophene rings is 1. The monoisotopic (exact) mass is 206 g/mol. The molecule has 0 saturated heterocycles. The molecule has 0 aromatic carbocycles. The van der Waals surface area contributed by atoms with E-state index in [1.54, 1.807) is 11.3 Å². The van der Waals surface area contributed by atoms with Gasteiger partial charge in [0.2, 0.25) is 5.89 Å². The summed E-state index contributed by atoms with van der Waals surface area (Å²) in [6.07, 6.45) is 3.69. The molecule has 3 rings (SSSR count). The summed E-state index contributed by atoms with van der Waals surface area (Å²) < 4.78 is 5.62. The molecule has 2 aromatic heterocycles. The van der Waals surface area contributed by atoms with Gasteiger partial charge in [0.1, 0.15) is 0 Å². The molecule has 0 N–H and O–H groups in total. The van der Waals surface area contributed by atoms with Crippen LogP contribution in [0.3, 0.4) is 0 Å². The van der Waals surface area contributed by atoms with Gasteiger partial charge in [-0.2, -0.15) is 0 Å². The zero-order valence-corrected chi connectivity index (χ0v) is 8.46. The number of rotatable bonds is 2. The Hall–Kier alpha value is -1.16. The van der Waals surface area contributed by atoms with Crippen molar-refractivity contribution >= 4 is 11.3 Å². The fourth-order valence-corrected chi connectivity index (χ4v) is 2.20. The van der Waals surface area contributed by atoms with Gasteiger partial charge < -0.3 is 4.42 Å². The van der Waals surface area contributed by atoms with E-state index < -0.39 is 0 Å². The Balaban J connectivity index is 1.90. The summed E-state index contributed by atoms with van der Waals surface area (Å²) in [5.74, 6) is 2.01. The van der Waals surface area contributed by atoms with E-state index in [4.69, 9.17) is 4.42 Å². The van der Waals surface area contributed by atoms with Gasteiger partial charge in [-0.05, 0) is 24.3 Å². The second kappa shape index (κ2) is 3.20. The maximum absolute atomic E-state index is 5.62. The number of hydrogen-bond donors (Lipinski definition) is 0. The highest BCUT2D eigenvalue weighted by atomic mass is 32.1. The van der Waals surface area contributed by atoms with Crippen LogP contribution in [0.25, 0.3) is 10.8 Å². The van der Waals surface area contributed by atoms with Crippen molar-refractivity contribution in [1.82, 2.24) is 10.2 Å². The quantitative estimate of drug-likeness (QED) is 0.758. The second-order valence-corrected chi connectivity index (χ2v) is 4.50. The molecule has 1 saturated carbocycles. The van der Waals surface area contributed by atoms with Crippen molar-refractivity contribution in [2.75, 3.05) is 0 Å². The van der Waals surface area contributed by atoms with Crippen LogP contribution in [0.1, 0.15) is 31.1 Å². The highest BCUT2D eigenvalue weighted by Crippen LogP contribution is 2.36. The van der Waals surface area contributed by atoms with Crippen molar-refractivity contribution < 1.29 is 4.42 Å². The van der Waals surface area contributed by atoms with Crippen molar-refractivity contribution in [3.8, 4) is 10.8 Å². The predicted octanol–water partition coefficient (Wildman–Crippen LogP) is 3.07. The normalized spacial score (nSPS) is 16.9. The summed E-state index contributed by atoms with van der Waals surface area (Å²) in [6.45, 7) is 0. The average Bonchev–Trinajstić information content (AvgIpc) is 2.65. The van der Waals surface area contributed by atoms with Crippen LogP contribution >= 0.6 is 11.3 Å². The maximum atomic E-state index is 5.62. The van der Waals surface area contributed by atoms with Gasteiger partial charge in [-0.1, -0.05) is 12.5 Å². The first kappa shape index (κ1) is 8.17. The van der Waals surface area contributed by atoms with Gasteiger partial charge in [-0.25, -0.2) is 0 Å². The van der Waals surface area contributed by atoms with E-state index in [1.165, 1.54) is 19.3 Å². The van der Waals surface area contributed by atoms with Crippen LogP contribution in [-0.4, -0.2) is 10.2 Å². The highest BCUT2D eigenvalue weighted by molar-refractivity contribution is 7.13. The lowest BCUT2D eigenvalue weighted by molar-refractivity contribution is 0.338. The van der Waals surface area contributed by atoms with Crippen LogP contribution in [0.15, 0.2) is 21.9 Å². The molecule has 1 aliphatic carbocycles. The van der Waals surface area contributed by atoms with E-state index in [2.05, 4.69) is 10.2 Å². The Morgan fingerprint density at radius 3 is 2.93 bits per heavy atom. The first-order valence-electron chi connectivity index (χ1n) is 4.81. The standard InChI is InChI=1S/C10H10N2OS/c1-3-7(4-1)9-11-12-10(13-9)8-5-2-6-14-8/h2,5-7H,1,3-4H2. The Morgan fingerprint density at radius 1 is 1.36 bits per heavy atom. The first-order valence-corrected chi connectivity index (χ1v) is 5.69. The van der Waals surface area contributed by atoms with Crippen molar-refractivity contribution in [3.63, 3.8) is 0 Å². The number of hydrogen-bond acceptors (Lipinski definition) is 4. The Morgan fingerprint density at radius 2 is 2.29 bits per heavy atom. The zero-order chi connectivity index (χ0) is 9.38. The molecule has 1 fully saturated rings. The molecule has 0 bridgehead atoms. The zero-order valence-electron chi connectivity index (χ0n) is 7.64. The molecule has 4 heteroatoms. The molecular weight excluding hydrogens is 196 g/mol. The summed E-state index contributed by atoms with van der Waals surface area (Å²) in [5, 5.41) is 10.2. The molecule has 0 amide bonds. The molecule has 0 unspecified atom stereocenters. The van der Waals surface area contributed by atoms with Crippen molar-refractivity contribution in [2.24, 2.45) is 0 Å². The molecule has 2 heterocycles. The largest absolute Gasteiger partial charge is 0.420 e. The number of aromatic nitrogens is 2. The van der Waals surface area contributed by atoms with E-state index >= 15 is 0 Å². The molecule has 72 valence electrons. The van der Waals surface area contributed by atoms with E-state index in [9.17, 15) is 0 Å². The maximum Gasteiger partial charge on any atom is 0.257 e. The van der Waals surface area contributed by atoms with E-state index in [1.807, 2.05) is 17.5 Å². The molecule has 0 spiro atoms. The Kier molecular flexibility index (Phi) is 1.87. The third kappa shape index (κ3) is 1.26. The van der Waals surface area contributed by atoms with Crippen LogP contribution in [-0.2, 0) is 0 Å². The smallest absolute Gasteiger partial charge is 0.257 e. The molecule has 14 heavy (non-hydrogen) atoms. The fraction of sp³-hybridized carbons (Fsp3) is 0.400. The van der Waals surface area contributed by atoms with E-state index in [-0.39, 0.29) is 0 Å².